The van der Waals surface area contributed by atoms with Gasteiger partial charge in [-0.3, -0.25) is 4.79 Å². The van der Waals surface area contributed by atoms with E-state index in [2.05, 4.69) is 15.5 Å². The predicted octanol–water partition coefficient (Wildman–Crippen LogP) is 0.246. The van der Waals surface area contributed by atoms with E-state index in [1.165, 1.54) is 19.3 Å². The third-order valence-electron chi connectivity index (χ3n) is 2.79. The fraction of sp³-hybridized carbons (Fsp3) is 0.818. The van der Waals surface area contributed by atoms with Crippen molar-refractivity contribution in [3.8, 4) is 0 Å². The number of likely N-dealkylation sites (tertiary alicyclic amines) is 1. The summed E-state index contributed by atoms with van der Waals surface area (Å²) in [5.74, 6) is -0.904. The highest BCUT2D eigenvalue weighted by molar-refractivity contribution is 5.74. The Balaban J connectivity index is 1.97. The van der Waals surface area contributed by atoms with Gasteiger partial charge >= 0.3 is 12.0 Å². The van der Waals surface area contributed by atoms with Crippen molar-refractivity contribution in [3.05, 3.63) is 0 Å². The van der Waals surface area contributed by atoms with Crippen LogP contribution in [0.3, 0.4) is 0 Å². The molecule has 0 aromatic carbocycles. The number of nitrogens with zero attached hydrogens (tertiary/aromatic N) is 1. The summed E-state index contributed by atoms with van der Waals surface area (Å²) in [5.41, 5.74) is 0. The summed E-state index contributed by atoms with van der Waals surface area (Å²) in [5, 5.41) is 13.6. The summed E-state index contributed by atoms with van der Waals surface area (Å²) in [6, 6.07) is -0.289. The molecule has 0 saturated carbocycles. The fourth-order valence-electron chi connectivity index (χ4n) is 1.86. The molecule has 1 saturated heterocycles. The number of urea groups is 1. The van der Waals surface area contributed by atoms with Crippen molar-refractivity contribution in [2.24, 2.45) is 0 Å². The number of aliphatic carboxylic acids is 1. The van der Waals surface area contributed by atoms with Crippen molar-refractivity contribution < 1.29 is 14.7 Å². The SMILES string of the molecule is O=C(O)CCNC(=O)NCCN1CCCCC1. The number of hydrogen-bond acceptors (Lipinski definition) is 3. The van der Waals surface area contributed by atoms with Gasteiger partial charge in [0.1, 0.15) is 0 Å². The molecule has 6 nitrogen and oxygen atoms in total. The molecule has 6 heteroatoms. The predicted molar refractivity (Wildman–Crippen MR) is 63.9 cm³/mol. The van der Waals surface area contributed by atoms with Crippen LogP contribution < -0.4 is 10.6 Å². The smallest absolute Gasteiger partial charge is 0.314 e. The summed E-state index contributed by atoms with van der Waals surface area (Å²) >= 11 is 0. The summed E-state index contributed by atoms with van der Waals surface area (Å²) in [4.78, 5) is 23.8. The highest BCUT2D eigenvalue weighted by atomic mass is 16.4. The van der Waals surface area contributed by atoms with Crippen molar-refractivity contribution >= 4 is 12.0 Å². The number of piperidine rings is 1. The maximum Gasteiger partial charge on any atom is 0.314 e. The standard InChI is InChI=1S/C11H21N3O3/c15-10(16)4-5-12-11(17)13-6-9-14-7-2-1-3-8-14/h1-9H2,(H,15,16)(H2,12,13,17). The normalized spacial score (nSPS) is 16.5. The van der Waals surface area contributed by atoms with Crippen LogP contribution in [0.1, 0.15) is 25.7 Å². The molecular formula is C11H21N3O3. The molecule has 0 spiro atoms. The molecule has 2 amide bonds. The molecule has 1 aliphatic rings. The summed E-state index contributed by atoms with van der Waals surface area (Å²) in [6.07, 6.45) is 3.74. The first-order valence-corrected chi connectivity index (χ1v) is 6.14. The van der Waals surface area contributed by atoms with E-state index in [-0.39, 0.29) is 19.0 Å². The van der Waals surface area contributed by atoms with Crippen LogP contribution in [-0.4, -0.2) is 54.7 Å². The number of carboxylic acid groups (broad SMARTS) is 1. The van der Waals surface area contributed by atoms with Gasteiger partial charge in [-0.25, -0.2) is 4.79 Å². The van der Waals surface area contributed by atoms with E-state index in [4.69, 9.17) is 5.11 Å². The van der Waals surface area contributed by atoms with E-state index in [9.17, 15) is 9.59 Å². The highest BCUT2D eigenvalue weighted by Crippen LogP contribution is 2.07. The highest BCUT2D eigenvalue weighted by Gasteiger charge is 2.09. The molecule has 98 valence electrons. The van der Waals surface area contributed by atoms with Gasteiger partial charge in [0.25, 0.3) is 0 Å². The second-order valence-corrected chi connectivity index (χ2v) is 4.23. The lowest BCUT2D eigenvalue weighted by Crippen LogP contribution is -2.42. The van der Waals surface area contributed by atoms with Crippen LogP contribution in [0, 0.1) is 0 Å². The van der Waals surface area contributed by atoms with Crippen molar-refractivity contribution in [2.45, 2.75) is 25.7 Å². The average molecular weight is 243 g/mol. The molecule has 0 radical (unpaired) electrons. The van der Waals surface area contributed by atoms with Gasteiger partial charge in [0.2, 0.25) is 0 Å². The first kappa shape index (κ1) is 13.8. The Bertz CT molecular complexity index is 252. The minimum absolute atomic E-state index is 0.0421. The molecule has 0 aromatic heterocycles. The maximum atomic E-state index is 11.2. The Morgan fingerprint density at radius 3 is 2.35 bits per heavy atom. The Hall–Kier alpha value is -1.30. The number of rotatable bonds is 6. The molecule has 1 rings (SSSR count). The van der Waals surface area contributed by atoms with Crippen LogP contribution >= 0.6 is 0 Å². The number of nitrogens with one attached hydrogen (secondary N) is 2. The second-order valence-electron chi connectivity index (χ2n) is 4.23. The molecule has 3 N–H and O–H groups in total. The van der Waals surface area contributed by atoms with E-state index in [1.807, 2.05) is 0 Å². The van der Waals surface area contributed by atoms with E-state index in [1.54, 1.807) is 0 Å². The zero-order valence-corrected chi connectivity index (χ0v) is 10.1. The van der Waals surface area contributed by atoms with Gasteiger partial charge in [0.15, 0.2) is 0 Å². The minimum Gasteiger partial charge on any atom is -0.481 e. The van der Waals surface area contributed by atoms with Crippen molar-refractivity contribution in [1.29, 1.82) is 0 Å². The molecule has 1 heterocycles. The third-order valence-corrected chi connectivity index (χ3v) is 2.79. The average Bonchev–Trinajstić information content (AvgIpc) is 2.30. The Labute approximate surface area is 101 Å². The van der Waals surface area contributed by atoms with Crippen LogP contribution in [0.4, 0.5) is 4.79 Å². The zero-order chi connectivity index (χ0) is 12.5. The van der Waals surface area contributed by atoms with E-state index in [0.29, 0.717) is 6.54 Å². The lowest BCUT2D eigenvalue weighted by molar-refractivity contribution is -0.136. The number of amides is 2. The van der Waals surface area contributed by atoms with Crippen LogP contribution in [0.5, 0.6) is 0 Å². The van der Waals surface area contributed by atoms with Crippen LogP contribution in [0.15, 0.2) is 0 Å². The van der Waals surface area contributed by atoms with Gasteiger partial charge in [-0.1, -0.05) is 6.42 Å². The van der Waals surface area contributed by atoms with Crippen molar-refractivity contribution in [3.63, 3.8) is 0 Å². The lowest BCUT2D eigenvalue weighted by Gasteiger charge is -2.26. The lowest BCUT2D eigenvalue weighted by atomic mass is 10.1. The molecule has 0 unspecified atom stereocenters. The summed E-state index contributed by atoms with van der Waals surface area (Å²) in [6.45, 7) is 3.88. The molecule has 0 aliphatic carbocycles. The van der Waals surface area contributed by atoms with Gasteiger partial charge in [-0.15, -0.1) is 0 Å². The van der Waals surface area contributed by atoms with Gasteiger partial charge in [0.05, 0.1) is 6.42 Å². The largest absolute Gasteiger partial charge is 0.481 e. The Morgan fingerprint density at radius 2 is 1.71 bits per heavy atom. The molecular weight excluding hydrogens is 222 g/mol. The summed E-state index contributed by atoms with van der Waals surface area (Å²) < 4.78 is 0. The van der Waals surface area contributed by atoms with Crippen LogP contribution in [-0.2, 0) is 4.79 Å². The fourth-order valence-corrected chi connectivity index (χ4v) is 1.86. The topological polar surface area (TPSA) is 81.7 Å². The number of carboxylic acids is 1. The first-order chi connectivity index (χ1) is 8.18. The monoisotopic (exact) mass is 243 g/mol. The van der Waals surface area contributed by atoms with Gasteiger partial charge in [0, 0.05) is 19.6 Å². The quantitative estimate of drug-likeness (QED) is 0.624. The van der Waals surface area contributed by atoms with Gasteiger partial charge < -0.3 is 20.6 Å². The summed E-state index contributed by atoms with van der Waals surface area (Å²) in [7, 11) is 0. The first-order valence-electron chi connectivity index (χ1n) is 6.14. The van der Waals surface area contributed by atoms with Crippen LogP contribution in [0.2, 0.25) is 0 Å². The van der Waals surface area contributed by atoms with Crippen molar-refractivity contribution in [1.82, 2.24) is 15.5 Å². The van der Waals surface area contributed by atoms with E-state index >= 15 is 0 Å². The number of carbonyl (C=O) groups is 2. The Morgan fingerprint density at radius 1 is 1.06 bits per heavy atom. The Kier molecular flexibility index (Phi) is 6.39. The minimum atomic E-state index is -0.904. The molecule has 0 bridgehead atoms. The maximum absolute atomic E-state index is 11.2. The van der Waals surface area contributed by atoms with E-state index < -0.39 is 5.97 Å². The molecule has 0 aromatic rings. The molecule has 0 atom stereocenters. The van der Waals surface area contributed by atoms with Crippen LogP contribution in [0.25, 0.3) is 0 Å². The third kappa shape index (κ3) is 6.78. The number of carbonyl (C=O) groups excluding carboxylic acids is 1. The van der Waals surface area contributed by atoms with Crippen molar-refractivity contribution in [2.75, 3.05) is 32.7 Å². The molecule has 1 aliphatic heterocycles. The van der Waals surface area contributed by atoms with E-state index in [0.717, 1.165) is 19.6 Å². The number of hydrogen-bond donors (Lipinski definition) is 3. The zero-order valence-electron chi connectivity index (χ0n) is 10.1. The molecule has 17 heavy (non-hydrogen) atoms. The van der Waals surface area contributed by atoms with Gasteiger partial charge in [-0.2, -0.15) is 0 Å². The van der Waals surface area contributed by atoms with Gasteiger partial charge in [-0.05, 0) is 25.9 Å². The second kappa shape index (κ2) is 7.89. The molecule has 1 fully saturated rings.